The van der Waals surface area contributed by atoms with Crippen LogP contribution in [0.15, 0.2) is 18.2 Å². The van der Waals surface area contributed by atoms with Crippen LogP contribution in [0.1, 0.15) is 48.6 Å². The van der Waals surface area contributed by atoms with E-state index in [4.69, 9.17) is 4.74 Å². The predicted octanol–water partition coefficient (Wildman–Crippen LogP) is 2.34. The molecular formula is C21H29N5O2. The summed E-state index contributed by atoms with van der Waals surface area (Å²) in [5, 5.41) is 8.95. The summed E-state index contributed by atoms with van der Waals surface area (Å²) >= 11 is 0. The monoisotopic (exact) mass is 383 g/mol. The predicted molar refractivity (Wildman–Crippen MR) is 106 cm³/mol. The molecular weight excluding hydrogens is 354 g/mol. The number of carbonyl (C=O) groups excluding carboxylic acids is 1. The molecule has 28 heavy (non-hydrogen) atoms. The number of aromatic nitrogens is 3. The van der Waals surface area contributed by atoms with Gasteiger partial charge in [-0.3, -0.25) is 9.69 Å². The molecule has 1 amide bonds. The van der Waals surface area contributed by atoms with Crippen LogP contribution in [-0.4, -0.2) is 57.2 Å². The lowest BCUT2D eigenvalue weighted by Gasteiger charge is -2.24. The molecule has 2 aliphatic rings. The number of aryl methyl sites for hydroxylation is 1. The Morgan fingerprint density at radius 3 is 2.86 bits per heavy atom. The van der Waals surface area contributed by atoms with E-state index in [1.54, 1.807) is 14.0 Å². The lowest BCUT2D eigenvalue weighted by molar-refractivity contribution is -0.129. The van der Waals surface area contributed by atoms with Gasteiger partial charge in [-0.15, -0.1) is 10.2 Å². The van der Waals surface area contributed by atoms with E-state index in [-0.39, 0.29) is 11.9 Å². The van der Waals surface area contributed by atoms with Crippen LogP contribution in [0.2, 0.25) is 0 Å². The second-order valence-corrected chi connectivity index (χ2v) is 7.84. The fraction of sp³-hybridized carbons (Fsp3) is 0.571. The van der Waals surface area contributed by atoms with E-state index in [0.717, 1.165) is 69.4 Å². The Balaban J connectivity index is 1.49. The number of fused-ring (bicyclic) bond motifs is 1. The first kappa shape index (κ1) is 18.9. The summed E-state index contributed by atoms with van der Waals surface area (Å²) in [7, 11) is 1.73. The van der Waals surface area contributed by atoms with Crippen LogP contribution in [0.5, 0.6) is 5.75 Å². The molecule has 1 atom stereocenters. The molecule has 1 fully saturated rings. The number of rotatable bonds is 4. The maximum atomic E-state index is 12.0. The Hall–Kier alpha value is -2.41. The standard InChI is InChI=1S/C21H29N5O2/c1-15-6-7-17(19(13-15)28-3)14-24-10-8-20-22-23-21(26(20)12-11-24)18-5-4-9-25(18)16(2)27/h6-7,13,18H,4-5,8-12,14H2,1-3H3/t18-/m1/s1. The molecule has 0 unspecified atom stereocenters. The van der Waals surface area contributed by atoms with E-state index < -0.39 is 0 Å². The summed E-state index contributed by atoms with van der Waals surface area (Å²) in [6.07, 6.45) is 2.88. The molecule has 0 radical (unpaired) electrons. The molecule has 1 aromatic heterocycles. The zero-order valence-electron chi connectivity index (χ0n) is 17.0. The van der Waals surface area contributed by atoms with Gasteiger partial charge in [0, 0.05) is 51.6 Å². The maximum Gasteiger partial charge on any atom is 0.220 e. The van der Waals surface area contributed by atoms with Gasteiger partial charge in [0.05, 0.1) is 13.2 Å². The van der Waals surface area contributed by atoms with E-state index in [1.807, 2.05) is 4.90 Å². The minimum atomic E-state index is 0.0718. The van der Waals surface area contributed by atoms with Gasteiger partial charge in [-0.25, -0.2) is 0 Å². The molecule has 0 spiro atoms. The zero-order valence-corrected chi connectivity index (χ0v) is 17.0. The molecule has 3 heterocycles. The maximum absolute atomic E-state index is 12.0. The first-order valence-corrected chi connectivity index (χ1v) is 10.1. The van der Waals surface area contributed by atoms with E-state index in [2.05, 4.69) is 44.8 Å². The second-order valence-electron chi connectivity index (χ2n) is 7.84. The number of nitrogens with zero attached hydrogens (tertiary/aromatic N) is 5. The SMILES string of the molecule is COc1cc(C)ccc1CN1CCc2nnc([C@H]3CCCN3C(C)=O)n2CC1. The van der Waals surface area contributed by atoms with Crippen molar-refractivity contribution in [3.63, 3.8) is 0 Å². The Labute approximate surface area is 166 Å². The highest BCUT2D eigenvalue weighted by Crippen LogP contribution is 2.32. The molecule has 150 valence electrons. The Bertz CT molecular complexity index is 862. The number of hydrogen-bond acceptors (Lipinski definition) is 5. The lowest BCUT2D eigenvalue weighted by atomic mass is 10.1. The molecule has 7 heteroatoms. The Kier molecular flexibility index (Phi) is 5.35. The van der Waals surface area contributed by atoms with Gasteiger partial charge < -0.3 is 14.2 Å². The van der Waals surface area contributed by atoms with E-state index >= 15 is 0 Å². The van der Waals surface area contributed by atoms with Crippen LogP contribution in [0.4, 0.5) is 0 Å². The average molecular weight is 383 g/mol. The van der Waals surface area contributed by atoms with Crippen LogP contribution < -0.4 is 4.74 Å². The normalized spacial score (nSPS) is 20.1. The molecule has 1 aromatic carbocycles. The molecule has 0 saturated carbocycles. The number of amides is 1. The highest BCUT2D eigenvalue weighted by Gasteiger charge is 2.33. The number of ether oxygens (including phenoxy) is 1. The van der Waals surface area contributed by atoms with Crippen LogP contribution in [0.3, 0.4) is 0 Å². The van der Waals surface area contributed by atoms with Gasteiger partial charge in [0.15, 0.2) is 5.82 Å². The van der Waals surface area contributed by atoms with Gasteiger partial charge >= 0.3 is 0 Å². The third-order valence-corrected chi connectivity index (χ3v) is 5.94. The zero-order chi connectivity index (χ0) is 19.7. The number of carbonyl (C=O) groups is 1. The third kappa shape index (κ3) is 3.63. The molecule has 0 aliphatic carbocycles. The van der Waals surface area contributed by atoms with Gasteiger partial charge in [-0.1, -0.05) is 12.1 Å². The van der Waals surface area contributed by atoms with Crippen LogP contribution >= 0.6 is 0 Å². The minimum absolute atomic E-state index is 0.0718. The van der Waals surface area contributed by atoms with Crippen LogP contribution in [0, 0.1) is 6.92 Å². The van der Waals surface area contributed by atoms with Gasteiger partial charge in [-0.05, 0) is 31.4 Å². The van der Waals surface area contributed by atoms with Gasteiger partial charge in [0.1, 0.15) is 11.6 Å². The second kappa shape index (κ2) is 7.91. The van der Waals surface area contributed by atoms with Crippen molar-refractivity contribution in [1.82, 2.24) is 24.6 Å². The topological polar surface area (TPSA) is 63.5 Å². The van der Waals surface area contributed by atoms with Gasteiger partial charge in [0.2, 0.25) is 5.91 Å². The van der Waals surface area contributed by atoms with Crippen molar-refractivity contribution in [1.29, 1.82) is 0 Å². The third-order valence-electron chi connectivity index (χ3n) is 5.94. The first-order valence-electron chi connectivity index (χ1n) is 10.1. The van der Waals surface area contributed by atoms with Crippen molar-refractivity contribution in [3.8, 4) is 5.75 Å². The van der Waals surface area contributed by atoms with Gasteiger partial charge in [0.25, 0.3) is 0 Å². The van der Waals surface area contributed by atoms with Gasteiger partial charge in [-0.2, -0.15) is 0 Å². The Morgan fingerprint density at radius 1 is 1.21 bits per heavy atom. The van der Waals surface area contributed by atoms with E-state index in [0.29, 0.717) is 0 Å². The summed E-state index contributed by atoms with van der Waals surface area (Å²) < 4.78 is 7.82. The van der Waals surface area contributed by atoms with Crippen molar-refractivity contribution < 1.29 is 9.53 Å². The van der Waals surface area contributed by atoms with Crippen LogP contribution in [0.25, 0.3) is 0 Å². The lowest BCUT2D eigenvalue weighted by Crippen LogP contribution is -2.31. The van der Waals surface area contributed by atoms with Crippen molar-refractivity contribution >= 4 is 5.91 Å². The molecule has 7 nitrogen and oxygen atoms in total. The molecule has 0 N–H and O–H groups in total. The summed E-state index contributed by atoms with van der Waals surface area (Å²) in [4.78, 5) is 16.4. The summed E-state index contributed by atoms with van der Waals surface area (Å²) in [6, 6.07) is 6.46. The highest BCUT2D eigenvalue weighted by molar-refractivity contribution is 5.74. The van der Waals surface area contributed by atoms with Crippen LogP contribution in [-0.2, 0) is 24.3 Å². The highest BCUT2D eigenvalue weighted by atomic mass is 16.5. The summed E-state index contributed by atoms with van der Waals surface area (Å²) in [5.41, 5.74) is 2.42. The number of likely N-dealkylation sites (tertiary alicyclic amines) is 1. The quantitative estimate of drug-likeness (QED) is 0.811. The van der Waals surface area contributed by atoms with Crippen molar-refractivity contribution in [3.05, 3.63) is 41.0 Å². The smallest absolute Gasteiger partial charge is 0.220 e. The number of benzene rings is 1. The minimum Gasteiger partial charge on any atom is -0.496 e. The molecule has 2 aliphatic heterocycles. The molecule has 0 bridgehead atoms. The van der Waals surface area contributed by atoms with Crippen molar-refractivity contribution in [2.45, 2.75) is 52.2 Å². The number of methoxy groups -OCH3 is 1. The summed E-state index contributed by atoms with van der Waals surface area (Å²) in [6.45, 7) is 8.14. The van der Waals surface area contributed by atoms with Crippen molar-refractivity contribution in [2.24, 2.45) is 0 Å². The fourth-order valence-corrected chi connectivity index (χ4v) is 4.43. The largest absolute Gasteiger partial charge is 0.496 e. The molecule has 1 saturated heterocycles. The number of hydrogen-bond donors (Lipinski definition) is 0. The Morgan fingerprint density at radius 2 is 2.07 bits per heavy atom. The summed E-state index contributed by atoms with van der Waals surface area (Å²) in [5.74, 6) is 3.06. The van der Waals surface area contributed by atoms with Crippen molar-refractivity contribution in [2.75, 3.05) is 26.7 Å². The molecule has 2 aromatic rings. The van der Waals surface area contributed by atoms with E-state index in [9.17, 15) is 4.79 Å². The van der Waals surface area contributed by atoms with E-state index in [1.165, 1.54) is 11.1 Å². The molecule has 4 rings (SSSR count). The average Bonchev–Trinajstić information content (AvgIpc) is 3.27. The fourth-order valence-electron chi connectivity index (χ4n) is 4.43. The first-order chi connectivity index (χ1) is 13.6.